The van der Waals surface area contributed by atoms with Gasteiger partial charge in [0, 0.05) is 10.9 Å². The Balaban J connectivity index is 1.22. The molecule has 0 spiro atoms. The van der Waals surface area contributed by atoms with Crippen LogP contribution in [-0.2, 0) is 13.2 Å². The van der Waals surface area contributed by atoms with Crippen LogP contribution >= 0.6 is 0 Å². The van der Waals surface area contributed by atoms with E-state index in [2.05, 4.69) is 9.97 Å². The molecule has 6 nitrogen and oxygen atoms in total. The minimum Gasteiger partial charge on any atom is -0.489 e. The van der Waals surface area contributed by atoms with Crippen molar-refractivity contribution in [2.45, 2.75) is 13.2 Å². The molecule has 0 amide bonds. The third-order valence-electron chi connectivity index (χ3n) is 4.85. The second-order valence-electron chi connectivity index (χ2n) is 6.94. The number of benzene rings is 3. The molecular formula is C25H17N3O3. The molecule has 5 rings (SSSR count). The van der Waals surface area contributed by atoms with Crippen LogP contribution in [0.3, 0.4) is 0 Å². The van der Waals surface area contributed by atoms with Crippen LogP contribution in [0.15, 0.2) is 83.3 Å². The average Bonchev–Trinajstić information content (AvgIpc) is 3.26. The molecule has 0 fully saturated rings. The summed E-state index contributed by atoms with van der Waals surface area (Å²) in [6.45, 7) is 0.693. The van der Waals surface area contributed by atoms with Gasteiger partial charge >= 0.3 is 5.89 Å². The highest BCUT2D eigenvalue weighted by atomic mass is 16.5. The van der Waals surface area contributed by atoms with Crippen molar-refractivity contribution in [2.24, 2.45) is 0 Å². The van der Waals surface area contributed by atoms with Crippen molar-refractivity contribution >= 4 is 22.0 Å². The number of rotatable bonds is 6. The van der Waals surface area contributed by atoms with E-state index in [0.29, 0.717) is 30.1 Å². The Morgan fingerprint density at radius 2 is 1.48 bits per heavy atom. The van der Waals surface area contributed by atoms with Crippen LogP contribution in [0.4, 0.5) is 0 Å². The van der Waals surface area contributed by atoms with Gasteiger partial charge in [0.25, 0.3) is 0 Å². The van der Waals surface area contributed by atoms with Gasteiger partial charge in [0.1, 0.15) is 30.2 Å². The van der Waals surface area contributed by atoms with Gasteiger partial charge in [-0.2, -0.15) is 10.2 Å². The van der Waals surface area contributed by atoms with E-state index in [4.69, 9.17) is 19.2 Å². The highest BCUT2D eigenvalue weighted by Crippen LogP contribution is 2.23. The number of nitriles is 1. The molecule has 6 heteroatoms. The smallest absolute Gasteiger partial charge is 0.301 e. The largest absolute Gasteiger partial charge is 0.489 e. The lowest BCUT2D eigenvalue weighted by Crippen LogP contribution is -1.99. The van der Waals surface area contributed by atoms with Crippen LogP contribution in [0.25, 0.3) is 22.0 Å². The number of hydrogen-bond acceptors (Lipinski definition) is 6. The van der Waals surface area contributed by atoms with Crippen molar-refractivity contribution in [1.82, 2.24) is 9.97 Å². The second kappa shape index (κ2) is 8.17. The number of oxazole rings is 1. The fraction of sp³-hybridized carbons (Fsp3) is 0.0800. The summed E-state index contributed by atoms with van der Waals surface area (Å²) in [4.78, 5) is 8.74. The molecule has 0 N–H and O–H groups in total. The first-order valence-corrected chi connectivity index (χ1v) is 9.77. The third kappa shape index (κ3) is 4.02. The van der Waals surface area contributed by atoms with Crippen LogP contribution in [0, 0.1) is 11.3 Å². The molecule has 0 atom stereocenters. The lowest BCUT2D eigenvalue weighted by molar-refractivity contribution is 0.295. The van der Waals surface area contributed by atoms with Crippen LogP contribution in [0.1, 0.15) is 17.1 Å². The maximum Gasteiger partial charge on any atom is 0.301 e. The number of para-hydroxylation sites is 2. The number of ether oxygens (including phenoxy) is 2. The summed E-state index contributed by atoms with van der Waals surface area (Å²) in [5.41, 5.74) is 3.87. The molecule has 0 bridgehead atoms. The summed E-state index contributed by atoms with van der Waals surface area (Å²) in [5.74, 6) is 1.48. The van der Waals surface area contributed by atoms with Crippen LogP contribution in [-0.4, -0.2) is 9.97 Å². The van der Waals surface area contributed by atoms with Crippen molar-refractivity contribution < 1.29 is 13.9 Å². The molecule has 31 heavy (non-hydrogen) atoms. The lowest BCUT2D eigenvalue weighted by Gasteiger charge is -2.09. The Labute approximate surface area is 178 Å². The first-order valence-electron chi connectivity index (χ1n) is 9.77. The topological polar surface area (TPSA) is 81.2 Å². The summed E-state index contributed by atoms with van der Waals surface area (Å²) in [5, 5.41) is 10.1. The zero-order chi connectivity index (χ0) is 21.0. The van der Waals surface area contributed by atoms with E-state index >= 15 is 0 Å². The van der Waals surface area contributed by atoms with Gasteiger partial charge in [0.2, 0.25) is 0 Å². The first-order chi connectivity index (χ1) is 15.3. The summed E-state index contributed by atoms with van der Waals surface area (Å²) >= 11 is 0. The van der Waals surface area contributed by atoms with E-state index in [1.165, 1.54) is 0 Å². The zero-order valence-electron chi connectivity index (χ0n) is 16.5. The van der Waals surface area contributed by atoms with Crippen molar-refractivity contribution in [3.8, 4) is 17.6 Å². The van der Waals surface area contributed by atoms with Gasteiger partial charge in [-0.15, -0.1) is 0 Å². The standard InChI is InChI=1S/C25H17N3O3/c26-14-24-28-23-7-3-5-18(25(23)31-24)15-29-20-10-12-21(13-11-20)30-16-19-9-8-17-4-1-2-6-22(17)27-19/h1-13H,15-16H2. The normalized spacial score (nSPS) is 10.8. The zero-order valence-corrected chi connectivity index (χ0v) is 16.5. The molecule has 0 radical (unpaired) electrons. The molecule has 150 valence electrons. The van der Waals surface area contributed by atoms with E-state index in [9.17, 15) is 0 Å². The Morgan fingerprint density at radius 1 is 0.742 bits per heavy atom. The summed E-state index contributed by atoms with van der Waals surface area (Å²) in [6, 6.07) is 26.9. The highest BCUT2D eigenvalue weighted by molar-refractivity contribution is 5.78. The fourth-order valence-electron chi connectivity index (χ4n) is 3.31. The third-order valence-corrected chi connectivity index (χ3v) is 4.85. The molecule has 3 aromatic carbocycles. The highest BCUT2D eigenvalue weighted by Gasteiger charge is 2.10. The molecule has 0 aliphatic carbocycles. The summed E-state index contributed by atoms with van der Waals surface area (Å²) in [7, 11) is 0. The van der Waals surface area contributed by atoms with Crippen molar-refractivity contribution in [3.05, 3.63) is 96.0 Å². The Bertz CT molecular complexity index is 1400. The van der Waals surface area contributed by atoms with E-state index < -0.39 is 0 Å². The monoisotopic (exact) mass is 407 g/mol. The number of fused-ring (bicyclic) bond motifs is 2. The van der Waals surface area contributed by atoms with Gasteiger partial charge in [-0.1, -0.05) is 36.4 Å². The predicted molar refractivity (Wildman–Crippen MR) is 116 cm³/mol. The molecule has 0 saturated carbocycles. The van der Waals surface area contributed by atoms with Gasteiger partial charge < -0.3 is 13.9 Å². The van der Waals surface area contributed by atoms with Gasteiger partial charge in [0.05, 0.1) is 11.2 Å². The number of hydrogen-bond donors (Lipinski definition) is 0. The Hall–Kier alpha value is -4.37. The molecule has 5 aromatic rings. The van der Waals surface area contributed by atoms with Gasteiger partial charge in [-0.3, -0.25) is 0 Å². The van der Waals surface area contributed by atoms with E-state index in [1.54, 1.807) is 6.07 Å². The maximum absolute atomic E-state index is 8.97. The number of aromatic nitrogens is 2. The molecule has 0 unspecified atom stereocenters. The van der Waals surface area contributed by atoms with Crippen LogP contribution in [0.5, 0.6) is 11.5 Å². The Kier molecular flexibility index (Phi) is 4.91. The molecule has 0 aliphatic heterocycles. The van der Waals surface area contributed by atoms with E-state index in [1.807, 2.05) is 78.9 Å². The minimum absolute atomic E-state index is 0.0462. The van der Waals surface area contributed by atoms with Gasteiger partial charge in [-0.25, -0.2) is 4.98 Å². The van der Waals surface area contributed by atoms with E-state index in [0.717, 1.165) is 27.9 Å². The summed E-state index contributed by atoms with van der Waals surface area (Å²) in [6.07, 6.45) is 0. The van der Waals surface area contributed by atoms with Crippen molar-refractivity contribution in [1.29, 1.82) is 5.26 Å². The summed E-state index contributed by atoms with van der Waals surface area (Å²) < 4.78 is 17.2. The van der Waals surface area contributed by atoms with Crippen molar-refractivity contribution in [3.63, 3.8) is 0 Å². The molecule has 0 saturated heterocycles. The lowest BCUT2D eigenvalue weighted by atomic mass is 10.2. The molecule has 2 heterocycles. The van der Waals surface area contributed by atoms with Crippen molar-refractivity contribution in [2.75, 3.05) is 0 Å². The number of pyridine rings is 1. The SMILES string of the molecule is N#Cc1nc2cccc(COc3ccc(OCc4ccc5ccccc5n4)cc3)c2o1. The second-order valence-corrected chi connectivity index (χ2v) is 6.94. The minimum atomic E-state index is 0.0462. The first kappa shape index (κ1) is 18.6. The quantitative estimate of drug-likeness (QED) is 0.375. The molecular weight excluding hydrogens is 390 g/mol. The number of nitrogens with zero attached hydrogens (tertiary/aromatic N) is 3. The maximum atomic E-state index is 8.97. The molecule has 0 aliphatic rings. The van der Waals surface area contributed by atoms with Gasteiger partial charge in [-0.05, 0) is 42.5 Å². The van der Waals surface area contributed by atoms with Crippen LogP contribution < -0.4 is 9.47 Å². The fourth-order valence-corrected chi connectivity index (χ4v) is 3.31. The molecule has 2 aromatic heterocycles. The van der Waals surface area contributed by atoms with Crippen LogP contribution in [0.2, 0.25) is 0 Å². The Morgan fingerprint density at radius 3 is 2.29 bits per heavy atom. The predicted octanol–water partition coefficient (Wildman–Crippen LogP) is 5.41. The van der Waals surface area contributed by atoms with E-state index in [-0.39, 0.29) is 5.89 Å². The van der Waals surface area contributed by atoms with Gasteiger partial charge in [0.15, 0.2) is 11.7 Å². The average molecular weight is 407 g/mol.